The molecule has 0 fully saturated rings. The lowest BCUT2D eigenvalue weighted by Gasteiger charge is -2.27. The van der Waals surface area contributed by atoms with Gasteiger partial charge in [0.25, 0.3) is 0 Å². The third-order valence-electron chi connectivity index (χ3n) is 4.92. The van der Waals surface area contributed by atoms with E-state index >= 15 is 0 Å². The van der Waals surface area contributed by atoms with Crippen molar-refractivity contribution in [3.63, 3.8) is 0 Å². The van der Waals surface area contributed by atoms with Gasteiger partial charge >= 0.3 is 0 Å². The van der Waals surface area contributed by atoms with Crippen molar-refractivity contribution in [1.82, 2.24) is 10.1 Å². The molecular formula is C21H21N3O2. The molecule has 2 heterocycles. The second-order valence-corrected chi connectivity index (χ2v) is 6.49. The van der Waals surface area contributed by atoms with Crippen LogP contribution in [0.4, 0.5) is 0 Å². The summed E-state index contributed by atoms with van der Waals surface area (Å²) >= 11 is 0. The van der Waals surface area contributed by atoms with Crippen LogP contribution in [0.3, 0.4) is 0 Å². The number of carbonyl (C=O) groups excluding carboxylic acids is 1. The number of hydrogen-bond donors (Lipinski definition) is 1. The zero-order chi connectivity index (χ0) is 17.9. The highest BCUT2D eigenvalue weighted by molar-refractivity contribution is 5.78. The first-order valence-electron chi connectivity index (χ1n) is 8.83. The number of carbonyl (C=O) groups is 1. The SMILES string of the molecule is NCC(=O)N1CCc2onc(C(c3ccccc3)c3ccccc3)c2C1. The molecule has 1 amide bonds. The Hall–Kier alpha value is -2.92. The Morgan fingerprint density at radius 2 is 1.69 bits per heavy atom. The number of aromatic nitrogens is 1. The first-order valence-corrected chi connectivity index (χ1v) is 8.83. The molecule has 132 valence electrons. The molecule has 1 aliphatic rings. The molecule has 1 aliphatic heterocycles. The summed E-state index contributed by atoms with van der Waals surface area (Å²) in [5, 5.41) is 4.43. The maximum absolute atomic E-state index is 12.1. The Morgan fingerprint density at radius 3 is 2.27 bits per heavy atom. The van der Waals surface area contributed by atoms with Crippen molar-refractivity contribution >= 4 is 5.91 Å². The number of rotatable bonds is 4. The summed E-state index contributed by atoms with van der Waals surface area (Å²) in [6, 6.07) is 20.5. The van der Waals surface area contributed by atoms with Crippen molar-refractivity contribution in [2.24, 2.45) is 5.73 Å². The zero-order valence-electron chi connectivity index (χ0n) is 14.5. The van der Waals surface area contributed by atoms with Gasteiger partial charge in [0.15, 0.2) is 0 Å². The van der Waals surface area contributed by atoms with Gasteiger partial charge in [-0.2, -0.15) is 0 Å². The summed E-state index contributed by atoms with van der Waals surface area (Å²) in [5.74, 6) is 0.800. The first-order chi connectivity index (χ1) is 12.8. The van der Waals surface area contributed by atoms with Gasteiger partial charge in [-0.3, -0.25) is 4.79 Å². The molecule has 5 heteroatoms. The normalized spacial score (nSPS) is 13.7. The van der Waals surface area contributed by atoms with Crippen LogP contribution in [0.25, 0.3) is 0 Å². The van der Waals surface area contributed by atoms with E-state index in [9.17, 15) is 4.79 Å². The summed E-state index contributed by atoms with van der Waals surface area (Å²) in [4.78, 5) is 13.9. The van der Waals surface area contributed by atoms with E-state index in [1.807, 2.05) is 36.4 Å². The summed E-state index contributed by atoms with van der Waals surface area (Å²) in [7, 11) is 0. The molecule has 0 aliphatic carbocycles. The molecule has 0 bridgehead atoms. The molecule has 0 saturated carbocycles. The molecule has 0 radical (unpaired) electrons. The Balaban J connectivity index is 1.79. The summed E-state index contributed by atoms with van der Waals surface area (Å²) in [5.41, 5.74) is 9.74. The maximum Gasteiger partial charge on any atom is 0.236 e. The number of benzene rings is 2. The van der Waals surface area contributed by atoms with Crippen molar-refractivity contribution in [3.8, 4) is 0 Å². The number of fused-ring (bicyclic) bond motifs is 1. The molecular weight excluding hydrogens is 326 g/mol. The third-order valence-corrected chi connectivity index (χ3v) is 4.92. The van der Waals surface area contributed by atoms with E-state index in [1.54, 1.807) is 4.90 Å². The minimum atomic E-state index is -0.0428. The molecule has 3 aromatic rings. The van der Waals surface area contributed by atoms with E-state index in [1.165, 1.54) is 0 Å². The molecule has 2 aromatic carbocycles. The first kappa shape index (κ1) is 16.5. The highest BCUT2D eigenvalue weighted by atomic mass is 16.5. The Morgan fingerprint density at radius 1 is 1.08 bits per heavy atom. The molecule has 4 rings (SSSR count). The van der Waals surface area contributed by atoms with Crippen LogP contribution in [0, 0.1) is 0 Å². The fourth-order valence-corrected chi connectivity index (χ4v) is 3.60. The predicted molar refractivity (Wildman–Crippen MR) is 98.5 cm³/mol. The smallest absolute Gasteiger partial charge is 0.236 e. The highest BCUT2D eigenvalue weighted by Gasteiger charge is 2.31. The van der Waals surface area contributed by atoms with E-state index < -0.39 is 0 Å². The minimum absolute atomic E-state index is 0.0245. The Kier molecular flexibility index (Phi) is 4.54. The van der Waals surface area contributed by atoms with Crippen molar-refractivity contribution in [2.45, 2.75) is 18.9 Å². The zero-order valence-corrected chi connectivity index (χ0v) is 14.5. The van der Waals surface area contributed by atoms with Gasteiger partial charge in [-0.15, -0.1) is 0 Å². The van der Waals surface area contributed by atoms with Crippen molar-refractivity contribution in [2.75, 3.05) is 13.1 Å². The van der Waals surface area contributed by atoms with E-state index in [2.05, 4.69) is 29.4 Å². The van der Waals surface area contributed by atoms with E-state index in [0.717, 1.165) is 28.1 Å². The fraction of sp³-hybridized carbons (Fsp3) is 0.238. The maximum atomic E-state index is 12.1. The lowest BCUT2D eigenvalue weighted by molar-refractivity contribution is -0.130. The second kappa shape index (κ2) is 7.14. The summed E-state index contributed by atoms with van der Waals surface area (Å²) in [6.45, 7) is 1.15. The topological polar surface area (TPSA) is 72.4 Å². The van der Waals surface area contributed by atoms with Crippen molar-refractivity contribution < 1.29 is 9.32 Å². The van der Waals surface area contributed by atoms with Gasteiger partial charge in [0.1, 0.15) is 11.5 Å². The molecule has 1 aromatic heterocycles. The Labute approximate surface area is 152 Å². The average molecular weight is 347 g/mol. The lowest BCUT2D eigenvalue weighted by Crippen LogP contribution is -2.39. The fourth-order valence-electron chi connectivity index (χ4n) is 3.60. The summed E-state index contributed by atoms with van der Waals surface area (Å²) in [6.07, 6.45) is 0.671. The van der Waals surface area contributed by atoms with Crippen LogP contribution in [0.2, 0.25) is 0 Å². The third kappa shape index (κ3) is 3.02. The van der Waals surface area contributed by atoms with Crippen LogP contribution < -0.4 is 5.73 Å². The Bertz CT molecular complexity index is 851. The van der Waals surface area contributed by atoms with E-state index in [-0.39, 0.29) is 18.4 Å². The van der Waals surface area contributed by atoms with Gasteiger partial charge < -0.3 is 15.2 Å². The van der Waals surface area contributed by atoms with Gasteiger partial charge in [0.2, 0.25) is 5.91 Å². The largest absolute Gasteiger partial charge is 0.361 e. The molecule has 0 unspecified atom stereocenters. The average Bonchev–Trinajstić information content (AvgIpc) is 3.12. The van der Waals surface area contributed by atoms with E-state index in [0.29, 0.717) is 19.5 Å². The minimum Gasteiger partial charge on any atom is -0.361 e. The van der Waals surface area contributed by atoms with Crippen LogP contribution in [-0.2, 0) is 17.8 Å². The summed E-state index contributed by atoms with van der Waals surface area (Å²) < 4.78 is 5.65. The molecule has 0 saturated heterocycles. The quantitative estimate of drug-likeness (QED) is 0.788. The second-order valence-electron chi connectivity index (χ2n) is 6.49. The van der Waals surface area contributed by atoms with Crippen molar-refractivity contribution in [1.29, 1.82) is 0 Å². The molecule has 26 heavy (non-hydrogen) atoms. The molecule has 0 atom stereocenters. The monoisotopic (exact) mass is 347 g/mol. The number of nitrogens with two attached hydrogens (primary N) is 1. The van der Waals surface area contributed by atoms with Gasteiger partial charge in [-0.05, 0) is 11.1 Å². The van der Waals surface area contributed by atoms with Gasteiger partial charge in [-0.25, -0.2) is 0 Å². The van der Waals surface area contributed by atoms with Crippen LogP contribution >= 0.6 is 0 Å². The van der Waals surface area contributed by atoms with Crippen LogP contribution in [0.1, 0.15) is 34.1 Å². The van der Waals surface area contributed by atoms with Crippen LogP contribution in [0.15, 0.2) is 65.2 Å². The lowest BCUT2D eigenvalue weighted by atomic mass is 9.85. The molecule has 0 spiro atoms. The van der Waals surface area contributed by atoms with Gasteiger partial charge in [0, 0.05) is 18.5 Å². The van der Waals surface area contributed by atoms with Crippen molar-refractivity contribution in [3.05, 3.63) is 88.8 Å². The number of hydrogen-bond acceptors (Lipinski definition) is 4. The van der Waals surface area contributed by atoms with Crippen LogP contribution in [-0.4, -0.2) is 29.1 Å². The highest BCUT2D eigenvalue weighted by Crippen LogP contribution is 2.36. The number of nitrogens with zero attached hydrogens (tertiary/aromatic N) is 2. The molecule has 5 nitrogen and oxygen atoms in total. The predicted octanol–water partition coefficient (Wildman–Crippen LogP) is 2.70. The number of amides is 1. The van der Waals surface area contributed by atoms with E-state index in [4.69, 9.17) is 10.3 Å². The molecule has 2 N–H and O–H groups in total. The van der Waals surface area contributed by atoms with Crippen LogP contribution in [0.5, 0.6) is 0 Å². The van der Waals surface area contributed by atoms with Gasteiger partial charge in [-0.1, -0.05) is 65.8 Å². The standard InChI is InChI=1S/C21H21N3O2/c22-13-19(25)24-12-11-18-17(14-24)21(23-26-18)20(15-7-3-1-4-8-15)16-9-5-2-6-10-16/h1-10,20H,11-14,22H2. The van der Waals surface area contributed by atoms with Gasteiger partial charge in [0.05, 0.1) is 19.0 Å².